The summed E-state index contributed by atoms with van der Waals surface area (Å²) in [6, 6.07) is 21.9. The van der Waals surface area contributed by atoms with Crippen LogP contribution in [-0.2, 0) is 13.0 Å². The molecule has 3 N–H and O–H groups in total. The topological polar surface area (TPSA) is 129 Å². The summed E-state index contributed by atoms with van der Waals surface area (Å²) in [4.78, 5) is 13.0. The number of benzene rings is 3. The second kappa shape index (κ2) is 11.6. The Labute approximate surface area is 223 Å². The van der Waals surface area contributed by atoms with Crippen LogP contribution in [0.1, 0.15) is 15.9 Å². The van der Waals surface area contributed by atoms with Crippen LogP contribution in [0.5, 0.6) is 0 Å². The smallest absolute Gasteiger partial charge is 0.251 e. The molecule has 0 spiro atoms. The van der Waals surface area contributed by atoms with Gasteiger partial charge in [-0.1, -0.05) is 47.1 Å². The van der Waals surface area contributed by atoms with E-state index < -0.39 is 0 Å². The number of hydrogen-bond acceptors (Lipinski definition) is 7. The van der Waals surface area contributed by atoms with Gasteiger partial charge in [-0.25, -0.2) is 4.68 Å². The zero-order chi connectivity index (χ0) is 24.9. The molecule has 10 nitrogen and oxygen atoms in total. The molecule has 12 heteroatoms. The van der Waals surface area contributed by atoms with Crippen molar-refractivity contribution in [2.24, 2.45) is 0 Å². The van der Waals surface area contributed by atoms with Gasteiger partial charge in [0.25, 0.3) is 5.91 Å². The van der Waals surface area contributed by atoms with Crippen LogP contribution in [0.3, 0.4) is 0 Å². The minimum atomic E-state index is -0.245. The molecule has 0 aliphatic carbocycles. The summed E-state index contributed by atoms with van der Waals surface area (Å²) in [6.45, 7) is 0.406. The third-order valence-corrected chi connectivity index (χ3v) is 5.84. The van der Waals surface area contributed by atoms with Crippen molar-refractivity contribution in [3.63, 3.8) is 0 Å². The van der Waals surface area contributed by atoms with E-state index in [1.54, 1.807) is 41.1 Å². The van der Waals surface area contributed by atoms with Gasteiger partial charge in [-0.2, -0.15) is 4.68 Å². The van der Waals surface area contributed by atoms with Gasteiger partial charge in [0.05, 0.1) is 24.5 Å². The molecule has 1 unspecified atom stereocenters. The van der Waals surface area contributed by atoms with Crippen LogP contribution in [0.4, 0.5) is 5.69 Å². The van der Waals surface area contributed by atoms with Crippen LogP contribution < -0.4 is 11.1 Å². The lowest BCUT2D eigenvalue weighted by molar-refractivity contribution is 0.0932. The Morgan fingerprint density at radius 3 is 2.54 bits per heavy atom. The van der Waals surface area contributed by atoms with Gasteiger partial charge in [-0.05, 0) is 64.9 Å². The van der Waals surface area contributed by atoms with Crippen molar-refractivity contribution >= 4 is 35.6 Å². The van der Waals surface area contributed by atoms with E-state index >= 15 is 0 Å². The first-order chi connectivity index (χ1) is 17.5. The minimum absolute atomic E-state index is 0. The Bertz CT molecular complexity index is 1460. The van der Waals surface area contributed by atoms with E-state index in [1.807, 2.05) is 42.6 Å². The largest absolute Gasteiger partial charge is 0.399 e. The van der Waals surface area contributed by atoms with Gasteiger partial charge >= 0.3 is 0 Å². The van der Waals surface area contributed by atoms with E-state index in [4.69, 9.17) is 17.3 Å². The third-order valence-electron chi connectivity index (χ3n) is 5.61. The maximum atomic E-state index is 13.0. The molecule has 3 aromatic carbocycles. The van der Waals surface area contributed by atoms with E-state index in [9.17, 15) is 4.79 Å². The van der Waals surface area contributed by atoms with E-state index in [2.05, 4.69) is 31.2 Å². The number of nitrogens with two attached hydrogens (primary N) is 1. The molecule has 0 radical (unpaired) electrons. The molecule has 1 amide bonds. The van der Waals surface area contributed by atoms with Crippen LogP contribution in [0.15, 0.2) is 85.3 Å². The summed E-state index contributed by atoms with van der Waals surface area (Å²) < 4.78 is 3.24. The van der Waals surface area contributed by atoms with E-state index in [0.29, 0.717) is 40.6 Å². The normalized spacial score (nSPS) is 11.5. The number of carbonyl (C=O) groups excluding carboxylic acids is 1. The average molecular weight is 536 g/mol. The van der Waals surface area contributed by atoms with Crippen molar-refractivity contribution < 1.29 is 4.79 Å². The maximum absolute atomic E-state index is 13.0. The number of aromatic nitrogens is 7. The highest BCUT2D eigenvalue weighted by atomic mass is 35.5. The number of amides is 1. The van der Waals surface area contributed by atoms with Gasteiger partial charge in [-0.15, -0.1) is 22.6 Å². The zero-order valence-electron chi connectivity index (χ0n) is 19.5. The van der Waals surface area contributed by atoms with Crippen molar-refractivity contribution in [2.75, 3.05) is 5.73 Å². The number of rotatable bonds is 8. The molecule has 0 fully saturated rings. The van der Waals surface area contributed by atoms with Crippen molar-refractivity contribution in [1.29, 1.82) is 0 Å². The molecule has 2 heterocycles. The predicted molar refractivity (Wildman–Crippen MR) is 143 cm³/mol. The van der Waals surface area contributed by atoms with Crippen molar-refractivity contribution in [2.45, 2.75) is 19.0 Å². The lowest BCUT2D eigenvalue weighted by Crippen LogP contribution is -2.39. The number of hydrogen-bond donors (Lipinski definition) is 2. The zero-order valence-corrected chi connectivity index (χ0v) is 21.0. The number of nitrogens with one attached hydrogen (secondary N) is 1. The van der Waals surface area contributed by atoms with Gasteiger partial charge in [0, 0.05) is 21.8 Å². The molecule has 5 aromatic rings. The Hall–Kier alpha value is -4.28. The predicted octanol–water partition coefficient (Wildman–Crippen LogP) is 3.62. The van der Waals surface area contributed by atoms with Crippen LogP contribution in [-0.4, -0.2) is 47.2 Å². The second-order valence-electron chi connectivity index (χ2n) is 8.22. The van der Waals surface area contributed by atoms with E-state index in [1.165, 1.54) is 11.0 Å². The monoisotopic (exact) mass is 535 g/mol. The summed E-state index contributed by atoms with van der Waals surface area (Å²) in [5, 5.41) is 23.7. The molecular formula is C25H23Cl2N9O. The summed E-state index contributed by atoms with van der Waals surface area (Å²) in [5.74, 6) is -0.188. The molecule has 0 aliphatic rings. The molecule has 5 rings (SSSR count). The highest BCUT2D eigenvalue weighted by Gasteiger charge is 2.18. The van der Waals surface area contributed by atoms with Crippen molar-refractivity contribution in [3.8, 4) is 16.9 Å². The fourth-order valence-electron chi connectivity index (χ4n) is 3.88. The Balaban J connectivity index is 0.00000320. The number of anilines is 1. The Morgan fingerprint density at radius 2 is 1.81 bits per heavy atom. The SMILES string of the molecule is Cl.Nc1ccc(C(=O)NC(Cc2ccccc2)Cn2cc(-c3cc(Cl)ccc3-n3cnnn3)nn2)cc1. The Morgan fingerprint density at radius 1 is 1.03 bits per heavy atom. The summed E-state index contributed by atoms with van der Waals surface area (Å²) >= 11 is 6.26. The molecule has 188 valence electrons. The molecular weight excluding hydrogens is 513 g/mol. The average Bonchev–Trinajstić information content (AvgIpc) is 3.58. The van der Waals surface area contributed by atoms with Crippen molar-refractivity contribution in [1.82, 2.24) is 40.5 Å². The number of halogens is 2. The summed E-state index contributed by atoms with van der Waals surface area (Å²) in [7, 11) is 0. The van der Waals surface area contributed by atoms with Gasteiger partial charge in [0.1, 0.15) is 12.0 Å². The van der Waals surface area contributed by atoms with Gasteiger partial charge in [0.15, 0.2) is 0 Å². The van der Waals surface area contributed by atoms with Crippen molar-refractivity contribution in [3.05, 3.63) is 101 Å². The second-order valence-corrected chi connectivity index (χ2v) is 8.66. The molecule has 37 heavy (non-hydrogen) atoms. The molecule has 1 atom stereocenters. The van der Waals surface area contributed by atoms with Crippen LogP contribution in [0, 0.1) is 0 Å². The summed E-state index contributed by atoms with van der Waals surface area (Å²) in [5.41, 5.74) is 10.0. The highest BCUT2D eigenvalue weighted by Crippen LogP contribution is 2.27. The van der Waals surface area contributed by atoms with E-state index in [-0.39, 0.29) is 24.4 Å². The maximum Gasteiger partial charge on any atom is 0.251 e. The quantitative estimate of drug-likeness (QED) is 0.290. The number of carbonyl (C=O) groups is 1. The van der Waals surface area contributed by atoms with Crippen LogP contribution >= 0.6 is 24.0 Å². The van der Waals surface area contributed by atoms with Gasteiger partial charge < -0.3 is 11.1 Å². The first kappa shape index (κ1) is 25.8. The Kier molecular flexibility index (Phi) is 8.11. The number of nitrogens with zero attached hydrogens (tertiary/aromatic N) is 7. The fourth-order valence-corrected chi connectivity index (χ4v) is 4.06. The fraction of sp³-hybridized carbons (Fsp3) is 0.120. The highest BCUT2D eigenvalue weighted by molar-refractivity contribution is 6.31. The van der Waals surface area contributed by atoms with E-state index in [0.717, 1.165) is 11.1 Å². The lowest BCUT2D eigenvalue weighted by atomic mass is 10.1. The molecule has 0 bridgehead atoms. The van der Waals surface area contributed by atoms with Gasteiger partial charge in [-0.3, -0.25) is 4.79 Å². The standard InChI is InChI=1S/C25H22ClN9O.ClH/c26-19-8-11-24(35-16-28-31-33-35)22(13-19)23-15-34(32-30-23)14-21(12-17-4-2-1-3-5-17)29-25(36)18-6-9-20(27)10-7-18;/h1-11,13,15-16,21H,12,14,27H2,(H,29,36);1H. The number of nitrogen functional groups attached to an aromatic ring is 1. The minimum Gasteiger partial charge on any atom is -0.399 e. The van der Waals surface area contributed by atoms with Gasteiger partial charge in [0.2, 0.25) is 0 Å². The molecule has 2 aromatic heterocycles. The van der Waals surface area contributed by atoms with Crippen LogP contribution in [0.2, 0.25) is 5.02 Å². The lowest BCUT2D eigenvalue weighted by Gasteiger charge is -2.19. The summed E-state index contributed by atoms with van der Waals surface area (Å²) in [6.07, 6.45) is 3.93. The first-order valence-electron chi connectivity index (χ1n) is 11.2. The van der Waals surface area contributed by atoms with Crippen LogP contribution in [0.25, 0.3) is 16.9 Å². The molecule has 0 saturated heterocycles. The first-order valence-corrected chi connectivity index (χ1v) is 11.6. The third kappa shape index (κ3) is 6.29. The number of tetrazole rings is 1. The molecule has 0 aliphatic heterocycles. The molecule has 0 saturated carbocycles.